The number of benzene rings is 2. The largest absolute Gasteiger partial charge is 0.492 e. The average Bonchev–Trinajstić information content (AvgIpc) is 2.77. The molecule has 0 atom stereocenters. The van der Waals surface area contributed by atoms with E-state index in [1.807, 2.05) is 20.2 Å². The fourth-order valence-corrected chi connectivity index (χ4v) is 3.89. The predicted octanol–water partition coefficient (Wildman–Crippen LogP) is 4.99. The van der Waals surface area contributed by atoms with Gasteiger partial charge in [-0.3, -0.25) is 4.90 Å². The Morgan fingerprint density at radius 2 is 1.61 bits per heavy atom. The Balaban J connectivity index is 1.46. The first-order valence-corrected chi connectivity index (χ1v) is 11.4. The maximum Gasteiger partial charge on any atom is 0.121 e. The molecule has 7 heteroatoms. The first kappa shape index (κ1) is 24.1. The summed E-state index contributed by atoms with van der Waals surface area (Å²) in [7, 11) is 5.86. The van der Waals surface area contributed by atoms with Gasteiger partial charge in [0, 0.05) is 39.4 Å². The molecule has 1 aliphatic heterocycles. The summed E-state index contributed by atoms with van der Waals surface area (Å²) in [5.41, 5.74) is 1.00. The summed E-state index contributed by atoms with van der Waals surface area (Å²) in [5, 5.41) is 1.02. The molecule has 0 spiro atoms. The highest BCUT2D eigenvalue weighted by Gasteiger charge is 2.35. The molecule has 170 valence electrons. The fourth-order valence-electron chi connectivity index (χ4n) is 3.60. The molecule has 0 N–H and O–H groups in total. The molecule has 0 aromatic heterocycles. The van der Waals surface area contributed by atoms with Crippen LogP contribution < -0.4 is 9.47 Å². The number of methoxy groups -OCH3 is 1. The van der Waals surface area contributed by atoms with Crippen LogP contribution in [0.3, 0.4) is 0 Å². The third-order valence-electron chi connectivity index (χ3n) is 5.73. The van der Waals surface area contributed by atoms with Crippen LogP contribution in [-0.2, 0) is 11.3 Å². The van der Waals surface area contributed by atoms with Gasteiger partial charge in [-0.2, -0.15) is 0 Å². The van der Waals surface area contributed by atoms with Crippen molar-refractivity contribution in [2.75, 3.05) is 54.1 Å². The quantitative estimate of drug-likeness (QED) is 0.492. The smallest absolute Gasteiger partial charge is 0.121 e. The number of likely N-dealkylation sites (tertiary alicyclic amines) is 1. The molecule has 0 aliphatic carbocycles. The van der Waals surface area contributed by atoms with E-state index in [1.54, 1.807) is 19.2 Å². The summed E-state index contributed by atoms with van der Waals surface area (Å²) in [5.74, 6) is 1.63. The van der Waals surface area contributed by atoms with Crippen molar-refractivity contribution in [3.8, 4) is 11.5 Å². The zero-order valence-electron chi connectivity index (χ0n) is 18.6. The van der Waals surface area contributed by atoms with Gasteiger partial charge in [0.25, 0.3) is 0 Å². The van der Waals surface area contributed by atoms with Gasteiger partial charge in [-0.15, -0.1) is 0 Å². The first-order chi connectivity index (χ1) is 14.9. The van der Waals surface area contributed by atoms with Gasteiger partial charge in [0.1, 0.15) is 30.3 Å². The molecule has 1 aliphatic rings. The fraction of sp³-hybridized carbons (Fsp3) is 0.500. The van der Waals surface area contributed by atoms with E-state index in [0.717, 1.165) is 44.8 Å². The number of halogens is 2. The molecular weight excluding hydrogens is 435 g/mol. The molecule has 31 heavy (non-hydrogen) atoms. The summed E-state index contributed by atoms with van der Waals surface area (Å²) in [4.78, 5) is 4.57. The lowest BCUT2D eigenvalue weighted by atomic mass is 9.91. The van der Waals surface area contributed by atoms with Gasteiger partial charge < -0.3 is 19.1 Å². The van der Waals surface area contributed by atoms with E-state index in [4.69, 9.17) is 37.4 Å². The normalized spacial score (nSPS) is 16.5. The van der Waals surface area contributed by atoms with Gasteiger partial charge in [0.15, 0.2) is 0 Å². The molecule has 0 radical (unpaired) electrons. The SMILES string of the molecule is COC1(COc2ccc(Cl)c(Cl)c2)CCN(Cc2ccc(OCCN(C)C)cc2)CC1. The molecule has 1 heterocycles. The summed E-state index contributed by atoms with van der Waals surface area (Å²) >= 11 is 12.1. The van der Waals surface area contributed by atoms with Gasteiger partial charge in [0.2, 0.25) is 0 Å². The third-order valence-corrected chi connectivity index (χ3v) is 6.47. The van der Waals surface area contributed by atoms with Crippen LogP contribution in [0.5, 0.6) is 11.5 Å². The minimum atomic E-state index is -0.285. The summed E-state index contributed by atoms with van der Waals surface area (Å²) in [6.45, 7) is 4.94. The zero-order valence-corrected chi connectivity index (χ0v) is 20.1. The summed E-state index contributed by atoms with van der Waals surface area (Å²) < 4.78 is 17.7. The van der Waals surface area contributed by atoms with Crippen molar-refractivity contribution < 1.29 is 14.2 Å². The van der Waals surface area contributed by atoms with E-state index in [0.29, 0.717) is 29.0 Å². The van der Waals surface area contributed by atoms with Crippen molar-refractivity contribution in [3.63, 3.8) is 0 Å². The van der Waals surface area contributed by atoms with Crippen LogP contribution in [0.1, 0.15) is 18.4 Å². The van der Waals surface area contributed by atoms with Crippen molar-refractivity contribution in [2.24, 2.45) is 0 Å². The van der Waals surface area contributed by atoms with Crippen LogP contribution in [0.25, 0.3) is 0 Å². The van der Waals surface area contributed by atoms with Crippen LogP contribution >= 0.6 is 23.2 Å². The molecular formula is C24H32Cl2N2O3. The highest BCUT2D eigenvalue weighted by Crippen LogP contribution is 2.30. The lowest BCUT2D eigenvalue weighted by Crippen LogP contribution is -2.48. The average molecular weight is 467 g/mol. The molecule has 1 fully saturated rings. The molecule has 0 bridgehead atoms. The first-order valence-electron chi connectivity index (χ1n) is 10.6. The molecule has 0 unspecified atom stereocenters. The monoisotopic (exact) mass is 466 g/mol. The predicted molar refractivity (Wildman–Crippen MR) is 127 cm³/mol. The minimum Gasteiger partial charge on any atom is -0.492 e. The van der Waals surface area contributed by atoms with E-state index in [9.17, 15) is 0 Å². The van der Waals surface area contributed by atoms with Gasteiger partial charge in [-0.05, 0) is 56.8 Å². The van der Waals surface area contributed by atoms with Crippen LogP contribution in [0.4, 0.5) is 0 Å². The van der Waals surface area contributed by atoms with Crippen LogP contribution in [0.15, 0.2) is 42.5 Å². The Kier molecular flexibility index (Phi) is 8.87. The maximum absolute atomic E-state index is 6.09. The van der Waals surface area contributed by atoms with Crippen molar-refractivity contribution in [3.05, 3.63) is 58.1 Å². The molecule has 3 rings (SSSR count). The standard InChI is InChI=1S/C24H32Cl2N2O3/c1-27(2)14-15-30-20-6-4-19(5-7-20)17-28-12-10-24(29-3,11-13-28)18-31-21-8-9-22(25)23(26)16-21/h4-9,16H,10-15,17-18H2,1-3H3. The topological polar surface area (TPSA) is 34.2 Å². The number of piperidine rings is 1. The third kappa shape index (κ3) is 7.26. The highest BCUT2D eigenvalue weighted by molar-refractivity contribution is 6.42. The lowest BCUT2D eigenvalue weighted by molar-refractivity contribution is -0.0839. The number of likely N-dealkylation sites (N-methyl/N-ethyl adjacent to an activating group) is 1. The van der Waals surface area contributed by atoms with Crippen molar-refractivity contribution in [1.29, 1.82) is 0 Å². The van der Waals surface area contributed by atoms with Gasteiger partial charge >= 0.3 is 0 Å². The minimum absolute atomic E-state index is 0.285. The number of nitrogens with zero attached hydrogens (tertiary/aromatic N) is 2. The Hall–Kier alpha value is -1.50. The van der Waals surface area contributed by atoms with E-state index in [2.05, 4.69) is 34.1 Å². The van der Waals surface area contributed by atoms with Crippen molar-refractivity contribution in [1.82, 2.24) is 9.80 Å². The highest BCUT2D eigenvalue weighted by atomic mass is 35.5. The van der Waals surface area contributed by atoms with E-state index >= 15 is 0 Å². The molecule has 1 saturated heterocycles. The Morgan fingerprint density at radius 1 is 0.935 bits per heavy atom. The lowest BCUT2D eigenvalue weighted by Gasteiger charge is -2.40. The molecule has 2 aromatic carbocycles. The van der Waals surface area contributed by atoms with Crippen LogP contribution in [-0.4, -0.2) is 69.5 Å². The van der Waals surface area contributed by atoms with E-state index in [1.165, 1.54) is 5.56 Å². The second-order valence-electron chi connectivity index (χ2n) is 8.32. The Bertz CT molecular complexity index is 822. The molecule has 0 saturated carbocycles. The number of ether oxygens (including phenoxy) is 3. The number of hydrogen-bond acceptors (Lipinski definition) is 5. The Morgan fingerprint density at radius 3 is 2.23 bits per heavy atom. The summed E-state index contributed by atoms with van der Waals surface area (Å²) in [6.07, 6.45) is 1.83. The van der Waals surface area contributed by atoms with E-state index in [-0.39, 0.29) is 5.60 Å². The number of hydrogen-bond donors (Lipinski definition) is 0. The number of rotatable bonds is 10. The van der Waals surface area contributed by atoms with E-state index < -0.39 is 0 Å². The van der Waals surface area contributed by atoms with Crippen molar-refractivity contribution >= 4 is 23.2 Å². The summed E-state index contributed by atoms with van der Waals surface area (Å²) in [6, 6.07) is 13.7. The van der Waals surface area contributed by atoms with Gasteiger partial charge in [0.05, 0.1) is 10.0 Å². The second kappa shape index (κ2) is 11.4. The van der Waals surface area contributed by atoms with Crippen LogP contribution in [0.2, 0.25) is 10.0 Å². The van der Waals surface area contributed by atoms with Crippen LogP contribution in [0, 0.1) is 0 Å². The zero-order chi connectivity index (χ0) is 22.3. The van der Waals surface area contributed by atoms with Gasteiger partial charge in [-0.1, -0.05) is 35.3 Å². The molecule has 5 nitrogen and oxygen atoms in total. The second-order valence-corrected chi connectivity index (χ2v) is 9.14. The maximum atomic E-state index is 6.09. The van der Waals surface area contributed by atoms with Gasteiger partial charge in [-0.25, -0.2) is 0 Å². The molecule has 2 aromatic rings. The Labute approximate surface area is 195 Å². The van der Waals surface area contributed by atoms with Crippen molar-refractivity contribution in [2.45, 2.75) is 25.0 Å². The molecule has 0 amide bonds.